The van der Waals surface area contributed by atoms with Crippen LogP contribution in [0.2, 0.25) is 0 Å². The number of esters is 1. The average molecular weight is 341 g/mol. The van der Waals surface area contributed by atoms with Gasteiger partial charge < -0.3 is 10.1 Å². The smallest absolute Gasteiger partial charge is 0.348 e. The zero-order valence-corrected chi connectivity index (χ0v) is 14.1. The molecule has 124 valence electrons. The number of benzene rings is 1. The van der Waals surface area contributed by atoms with Gasteiger partial charge in [0.15, 0.2) is 0 Å². The molecule has 1 fully saturated rings. The second kappa shape index (κ2) is 6.40. The molecule has 4 rings (SSSR count). The third kappa shape index (κ3) is 3.36. The molecule has 0 saturated heterocycles. The average Bonchev–Trinajstić information content (AvgIpc) is 3.34. The molecule has 1 N–H and O–H groups in total. The normalized spacial score (nSPS) is 19.4. The lowest BCUT2D eigenvalue weighted by Crippen LogP contribution is -2.25. The number of hydrogen-bond donors (Lipinski definition) is 1. The Morgan fingerprint density at radius 2 is 1.83 bits per heavy atom. The fourth-order valence-corrected chi connectivity index (χ4v) is 3.85. The number of fused-ring (bicyclic) bond motifs is 1. The van der Waals surface area contributed by atoms with Crippen LogP contribution in [0.25, 0.3) is 0 Å². The van der Waals surface area contributed by atoms with Gasteiger partial charge in [0.25, 0.3) is 0 Å². The lowest BCUT2D eigenvalue weighted by atomic mass is 9.90. The number of rotatable bonds is 4. The number of hydrogen-bond acceptors (Lipinski definition) is 4. The lowest BCUT2D eigenvalue weighted by molar-refractivity contribution is -0.117. The van der Waals surface area contributed by atoms with Gasteiger partial charge in [0, 0.05) is 12.3 Å². The molecule has 4 nitrogen and oxygen atoms in total. The Hall–Kier alpha value is -2.14. The Morgan fingerprint density at radius 1 is 1.04 bits per heavy atom. The Morgan fingerprint density at radius 3 is 2.62 bits per heavy atom. The van der Waals surface area contributed by atoms with Crippen molar-refractivity contribution in [3.05, 3.63) is 52.4 Å². The molecule has 1 aromatic heterocycles. The maximum atomic E-state index is 12.3. The van der Waals surface area contributed by atoms with Gasteiger partial charge in [0.1, 0.15) is 11.0 Å². The molecule has 0 bridgehead atoms. The molecular weight excluding hydrogens is 322 g/mol. The first-order valence-corrected chi connectivity index (χ1v) is 9.19. The minimum absolute atomic E-state index is 0.0562. The van der Waals surface area contributed by atoms with E-state index in [9.17, 15) is 9.59 Å². The minimum atomic E-state index is -0.295. The van der Waals surface area contributed by atoms with Crippen molar-refractivity contribution in [1.82, 2.24) is 0 Å². The Balaban J connectivity index is 1.36. The summed E-state index contributed by atoms with van der Waals surface area (Å²) in [6.07, 6.45) is 4.45. The fraction of sp³-hybridized carbons (Fsp3) is 0.368. The highest BCUT2D eigenvalue weighted by molar-refractivity contribution is 7.18. The minimum Gasteiger partial charge on any atom is -0.458 e. The third-order valence-electron chi connectivity index (χ3n) is 4.58. The van der Waals surface area contributed by atoms with Crippen molar-refractivity contribution in [2.45, 2.75) is 38.2 Å². The molecule has 2 aliphatic carbocycles. The summed E-state index contributed by atoms with van der Waals surface area (Å²) in [6.45, 7) is 0. The van der Waals surface area contributed by atoms with E-state index < -0.39 is 0 Å². The number of aryl methyl sites for hydroxylation is 1. The number of thiophene rings is 1. The summed E-state index contributed by atoms with van der Waals surface area (Å²) in [5, 5.41) is 3.58. The molecule has 1 aromatic carbocycles. The summed E-state index contributed by atoms with van der Waals surface area (Å²) >= 11 is 1.28. The molecule has 5 heteroatoms. The molecule has 1 unspecified atom stereocenters. The predicted molar refractivity (Wildman–Crippen MR) is 93.3 cm³/mol. The topological polar surface area (TPSA) is 55.4 Å². The summed E-state index contributed by atoms with van der Waals surface area (Å²) in [4.78, 5) is 24.7. The molecular formula is C19H19NO3S. The maximum Gasteiger partial charge on any atom is 0.348 e. The molecule has 0 aliphatic heterocycles. The van der Waals surface area contributed by atoms with Gasteiger partial charge in [0.05, 0.1) is 5.00 Å². The summed E-state index contributed by atoms with van der Waals surface area (Å²) in [7, 11) is 0. The molecule has 1 atom stereocenters. The zero-order valence-electron chi connectivity index (χ0n) is 13.3. The van der Waals surface area contributed by atoms with Crippen molar-refractivity contribution in [3.63, 3.8) is 0 Å². The number of anilines is 1. The van der Waals surface area contributed by atoms with Crippen LogP contribution in [-0.4, -0.2) is 18.0 Å². The first kappa shape index (κ1) is 15.4. The number of carbonyl (C=O) groups excluding carboxylic acids is 2. The van der Waals surface area contributed by atoms with Crippen LogP contribution < -0.4 is 5.32 Å². The van der Waals surface area contributed by atoms with E-state index in [0.717, 1.165) is 32.1 Å². The largest absolute Gasteiger partial charge is 0.458 e. The van der Waals surface area contributed by atoms with E-state index in [2.05, 4.69) is 17.4 Å². The standard InChI is InChI=1S/C19H19NO3S/c21-18(13-5-6-13)20-17-10-9-16(24-17)19(22)23-15-8-7-12-3-1-2-4-14(12)11-15/h1-4,9-10,13,15H,5-8,11H2,(H,20,21). The zero-order chi connectivity index (χ0) is 16.5. The van der Waals surface area contributed by atoms with Gasteiger partial charge in [-0.25, -0.2) is 4.79 Å². The first-order chi connectivity index (χ1) is 11.7. The van der Waals surface area contributed by atoms with E-state index in [1.165, 1.54) is 22.5 Å². The number of amides is 1. The van der Waals surface area contributed by atoms with E-state index in [1.807, 2.05) is 12.1 Å². The van der Waals surface area contributed by atoms with Crippen molar-refractivity contribution in [2.75, 3.05) is 5.32 Å². The van der Waals surface area contributed by atoms with Crippen molar-refractivity contribution in [2.24, 2.45) is 5.92 Å². The molecule has 1 saturated carbocycles. The van der Waals surface area contributed by atoms with Crippen LogP contribution in [0, 0.1) is 5.92 Å². The van der Waals surface area contributed by atoms with Crippen LogP contribution in [0.1, 0.15) is 40.1 Å². The van der Waals surface area contributed by atoms with Gasteiger partial charge >= 0.3 is 5.97 Å². The van der Waals surface area contributed by atoms with E-state index >= 15 is 0 Å². The van der Waals surface area contributed by atoms with Gasteiger partial charge in [-0.15, -0.1) is 11.3 Å². The monoisotopic (exact) mass is 341 g/mol. The quantitative estimate of drug-likeness (QED) is 0.860. The predicted octanol–water partition coefficient (Wildman–Crippen LogP) is 3.81. The highest BCUT2D eigenvalue weighted by atomic mass is 32.1. The summed E-state index contributed by atoms with van der Waals surface area (Å²) in [5.74, 6) is -0.0817. The number of carbonyl (C=O) groups is 2. The van der Waals surface area contributed by atoms with Crippen LogP contribution >= 0.6 is 11.3 Å². The molecule has 2 aromatic rings. The van der Waals surface area contributed by atoms with Gasteiger partial charge in [-0.1, -0.05) is 24.3 Å². The first-order valence-electron chi connectivity index (χ1n) is 8.37. The summed E-state index contributed by atoms with van der Waals surface area (Å²) in [5.41, 5.74) is 2.62. The summed E-state index contributed by atoms with van der Waals surface area (Å²) < 4.78 is 5.67. The molecule has 2 aliphatic rings. The molecule has 24 heavy (non-hydrogen) atoms. The molecule has 1 heterocycles. The fourth-order valence-electron chi connectivity index (χ4n) is 3.06. The molecule has 1 amide bonds. The third-order valence-corrected chi connectivity index (χ3v) is 5.56. The highest BCUT2D eigenvalue weighted by Gasteiger charge is 2.30. The maximum absolute atomic E-state index is 12.3. The van der Waals surface area contributed by atoms with Gasteiger partial charge in [0.2, 0.25) is 5.91 Å². The number of nitrogens with one attached hydrogen (secondary N) is 1. The van der Waals surface area contributed by atoms with Crippen molar-refractivity contribution >= 4 is 28.2 Å². The van der Waals surface area contributed by atoms with E-state index in [0.29, 0.717) is 9.88 Å². The van der Waals surface area contributed by atoms with Gasteiger partial charge in [-0.05, 0) is 48.9 Å². The SMILES string of the molecule is O=C(OC1CCc2ccccc2C1)c1ccc(NC(=O)C2CC2)s1. The van der Waals surface area contributed by atoms with E-state index in [1.54, 1.807) is 12.1 Å². The van der Waals surface area contributed by atoms with Crippen LogP contribution in [-0.2, 0) is 22.4 Å². The lowest BCUT2D eigenvalue weighted by Gasteiger charge is -2.24. The highest BCUT2D eigenvalue weighted by Crippen LogP contribution is 2.32. The van der Waals surface area contributed by atoms with Gasteiger partial charge in [-0.3, -0.25) is 4.79 Å². The van der Waals surface area contributed by atoms with Crippen LogP contribution in [0.4, 0.5) is 5.00 Å². The van der Waals surface area contributed by atoms with Gasteiger partial charge in [-0.2, -0.15) is 0 Å². The Bertz CT molecular complexity index is 778. The van der Waals surface area contributed by atoms with Crippen molar-refractivity contribution < 1.29 is 14.3 Å². The Labute approximate surface area is 144 Å². The second-order valence-electron chi connectivity index (χ2n) is 6.47. The van der Waals surface area contributed by atoms with E-state index in [-0.39, 0.29) is 23.9 Å². The van der Waals surface area contributed by atoms with Crippen molar-refractivity contribution in [1.29, 1.82) is 0 Å². The van der Waals surface area contributed by atoms with Crippen molar-refractivity contribution in [3.8, 4) is 0 Å². The number of ether oxygens (including phenoxy) is 1. The second-order valence-corrected chi connectivity index (χ2v) is 7.55. The van der Waals surface area contributed by atoms with Crippen LogP contribution in [0.5, 0.6) is 0 Å². The summed E-state index contributed by atoms with van der Waals surface area (Å²) in [6, 6.07) is 11.8. The molecule has 0 radical (unpaired) electrons. The Kier molecular flexibility index (Phi) is 4.10. The molecule has 0 spiro atoms. The van der Waals surface area contributed by atoms with E-state index in [4.69, 9.17) is 4.74 Å². The van der Waals surface area contributed by atoms with Crippen LogP contribution in [0.15, 0.2) is 36.4 Å². The van der Waals surface area contributed by atoms with Crippen LogP contribution in [0.3, 0.4) is 0 Å².